The number of hydrogen-bond donors (Lipinski definition) is 1. The molecule has 0 heterocycles. The van der Waals surface area contributed by atoms with Crippen molar-refractivity contribution in [3.05, 3.63) is 35.9 Å². The van der Waals surface area contributed by atoms with Gasteiger partial charge in [-0.15, -0.1) is 0 Å². The Morgan fingerprint density at radius 3 is 2.30 bits per heavy atom. The van der Waals surface area contributed by atoms with Crippen LogP contribution in [-0.2, 0) is 16.8 Å². The van der Waals surface area contributed by atoms with E-state index in [1.165, 1.54) is 8.61 Å². The van der Waals surface area contributed by atoms with E-state index in [0.29, 0.717) is 26.1 Å². The first-order valence-electron chi connectivity index (χ1n) is 6.86. The molecule has 0 amide bonds. The van der Waals surface area contributed by atoms with Crippen molar-refractivity contribution in [3.8, 4) is 0 Å². The molecule has 0 unspecified atom stereocenters. The smallest absolute Gasteiger partial charge is 0.282 e. The largest absolute Gasteiger partial charge is 0.330 e. The van der Waals surface area contributed by atoms with E-state index in [0.717, 1.165) is 5.56 Å². The van der Waals surface area contributed by atoms with E-state index >= 15 is 0 Å². The van der Waals surface area contributed by atoms with Crippen LogP contribution in [-0.4, -0.2) is 43.2 Å². The van der Waals surface area contributed by atoms with Crippen LogP contribution in [0.5, 0.6) is 0 Å². The van der Waals surface area contributed by atoms with E-state index in [4.69, 9.17) is 5.73 Å². The second kappa shape index (κ2) is 7.73. The van der Waals surface area contributed by atoms with Gasteiger partial charge in [0.15, 0.2) is 0 Å². The zero-order valence-corrected chi connectivity index (χ0v) is 13.3. The van der Waals surface area contributed by atoms with Crippen molar-refractivity contribution < 1.29 is 8.42 Å². The molecule has 1 aromatic carbocycles. The van der Waals surface area contributed by atoms with Gasteiger partial charge in [-0.25, -0.2) is 0 Å². The molecule has 0 saturated carbocycles. The summed E-state index contributed by atoms with van der Waals surface area (Å²) in [6.07, 6.45) is 0.651. The molecular weight excluding hydrogens is 274 g/mol. The van der Waals surface area contributed by atoms with Crippen LogP contribution in [0.25, 0.3) is 0 Å². The van der Waals surface area contributed by atoms with Gasteiger partial charge in [-0.05, 0) is 32.4 Å². The van der Waals surface area contributed by atoms with Gasteiger partial charge in [-0.1, -0.05) is 30.3 Å². The average Bonchev–Trinajstić information content (AvgIpc) is 2.43. The molecule has 0 radical (unpaired) electrons. The fraction of sp³-hybridized carbons (Fsp3) is 0.571. The van der Waals surface area contributed by atoms with Crippen LogP contribution in [0.2, 0.25) is 0 Å². The summed E-state index contributed by atoms with van der Waals surface area (Å²) in [6, 6.07) is 9.53. The molecule has 0 spiro atoms. The molecule has 0 aliphatic heterocycles. The third-order valence-corrected chi connectivity index (χ3v) is 5.34. The molecule has 0 saturated heterocycles. The zero-order valence-electron chi connectivity index (χ0n) is 12.5. The summed E-state index contributed by atoms with van der Waals surface area (Å²) in [5, 5.41) is 0. The first kappa shape index (κ1) is 17.1. The predicted molar refractivity (Wildman–Crippen MR) is 82.3 cm³/mol. The lowest BCUT2D eigenvalue weighted by Gasteiger charge is -2.29. The summed E-state index contributed by atoms with van der Waals surface area (Å²) >= 11 is 0. The maximum Gasteiger partial charge on any atom is 0.282 e. The minimum Gasteiger partial charge on any atom is -0.330 e. The Labute approximate surface area is 122 Å². The molecule has 1 rings (SSSR count). The quantitative estimate of drug-likeness (QED) is 0.789. The number of nitrogens with zero attached hydrogens (tertiary/aromatic N) is 2. The average molecular weight is 299 g/mol. The van der Waals surface area contributed by atoms with Crippen LogP contribution in [0, 0.1) is 0 Å². The third kappa shape index (κ3) is 4.56. The summed E-state index contributed by atoms with van der Waals surface area (Å²) < 4.78 is 28.1. The highest BCUT2D eigenvalue weighted by molar-refractivity contribution is 7.86. The van der Waals surface area contributed by atoms with Crippen molar-refractivity contribution in [2.24, 2.45) is 5.73 Å². The number of benzene rings is 1. The molecule has 114 valence electrons. The van der Waals surface area contributed by atoms with Crippen molar-refractivity contribution in [3.63, 3.8) is 0 Å². The first-order chi connectivity index (χ1) is 9.39. The highest BCUT2D eigenvalue weighted by atomic mass is 32.2. The lowest BCUT2D eigenvalue weighted by Crippen LogP contribution is -2.45. The molecule has 0 atom stereocenters. The Morgan fingerprint density at radius 2 is 1.80 bits per heavy atom. The minimum atomic E-state index is -3.46. The Morgan fingerprint density at radius 1 is 1.20 bits per heavy atom. The summed E-state index contributed by atoms with van der Waals surface area (Å²) in [4.78, 5) is 0. The van der Waals surface area contributed by atoms with Crippen LogP contribution >= 0.6 is 0 Å². The van der Waals surface area contributed by atoms with Gasteiger partial charge in [-0.3, -0.25) is 0 Å². The summed E-state index contributed by atoms with van der Waals surface area (Å²) in [5.74, 6) is 0. The standard InChI is InChI=1S/C14H25N3O2S/c1-13(2)16(3)20(18,19)17(11-7-10-15)12-14-8-5-4-6-9-14/h4-6,8-9,13H,7,10-12,15H2,1-3H3. The van der Waals surface area contributed by atoms with Crippen LogP contribution in [0.4, 0.5) is 0 Å². The molecule has 1 aromatic rings. The summed E-state index contributed by atoms with van der Waals surface area (Å²) in [5.41, 5.74) is 6.49. The fourth-order valence-electron chi connectivity index (χ4n) is 1.78. The lowest BCUT2D eigenvalue weighted by molar-refractivity contribution is 0.328. The molecular formula is C14H25N3O2S. The minimum absolute atomic E-state index is 0.0730. The Hall–Kier alpha value is -0.950. The van der Waals surface area contributed by atoms with Crippen molar-refractivity contribution >= 4 is 10.2 Å². The first-order valence-corrected chi connectivity index (χ1v) is 8.26. The van der Waals surface area contributed by atoms with Gasteiger partial charge in [0.1, 0.15) is 0 Å². The van der Waals surface area contributed by atoms with Crippen LogP contribution in [0.3, 0.4) is 0 Å². The van der Waals surface area contributed by atoms with E-state index in [1.807, 2.05) is 44.2 Å². The third-order valence-electron chi connectivity index (χ3n) is 3.23. The lowest BCUT2D eigenvalue weighted by atomic mass is 10.2. The maximum atomic E-state index is 12.6. The monoisotopic (exact) mass is 299 g/mol. The predicted octanol–water partition coefficient (Wildman–Crippen LogP) is 1.42. The highest BCUT2D eigenvalue weighted by Gasteiger charge is 2.28. The van der Waals surface area contributed by atoms with Crippen LogP contribution in [0.1, 0.15) is 25.8 Å². The van der Waals surface area contributed by atoms with Gasteiger partial charge >= 0.3 is 0 Å². The molecule has 20 heavy (non-hydrogen) atoms. The van der Waals surface area contributed by atoms with Crippen molar-refractivity contribution in [2.45, 2.75) is 32.9 Å². The SMILES string of the molecule is CC(C)N(C)S(=O)(=O)N(CCCN)Cc1ccccc1. The van der Waals surface area contributed by atoms with E-state index in [2.05, 4.69) is 0 Å². The van der Waals surface area contributed by atoms with Gasteiger partial charge < -0.3 is 5.73 Å². The molecule has 5 nitrogen and oxygen atoms in total. The van der Waals surface area contributed by atoms with Gasteiger partial charge in [0.2, 0.25) is 0 Å². The molecule has 0 bridgehead atoms. The van der Waals surface area contributed by atoms with E-state index < -0.39 is 10.2 Å². The van der Waals surface area contributed by atoms with Crippen molar-refractivity contribution in [1.82, 2.24) is 8.61 Å². The van der Waals surface area contributed by atoms with Gasteiger partial charge in [0, 0.05) is 26.2 Å². The Kier molecular flexibility index (Phi) is 6.61. The highest BCUT2D eigenvalue weighted by Crippen LogP contribution is 2.14. The number of hydrogen-bond acceptors (Lipinski definition) is 3. The number of nitrogens with two attached hydrogens (primary N) is 1. The number of rotatable bonds is 8. The van der Waals surface area contributed by atoms with Crippen molar-refractivity contribution in [1.29, 1.82) is 0 Å². The van der Waals surface area contributed by atoms with Gasteiger partial charge in [0.25, 0.3) is 10.2 Å². The Bertz CT molecular complexity index is 488. The van der Waals surface area contributed by atoms with E-state index in [9.17, 15) is 8.42 Å². The van der Waals surface area contributed by atoms with E-state index in [1.54, 1.807) is 7.05 Å². The van der Waals surface area contributed by atoms with Crippen LogP contribution in [0.15, 0.2) is 30.3 Å². The van der Waals surface area contributed by atoms with Gasteiger partial charge in [0.05, 0.1) is 0 Å². The summed E-state index contributed by atoms with van der Waals surface area (Å²) in [7, 11) is -1.85. The zero-order chi connectivity index (χ0) is 15.2. The molecule has 0 aliphatic rings. The summed E-state index contributed by atoms with van der Waals surface area (Å²) in [6.45, 7) is 5.01. The van der Waals surface area contributed by atoms with E-state index in [-0.39, 0.29) is 6.04 Å². The van der Waals surface area contributed by atoms with Crippen molar-refractivity contribution in [2.75, 3.05) is 20.1 Å². The molecule has 6 heteroatoms. The molecule has 0 aromatic heterocycles. The second-order valence-corrected chi connectivity index (χ2v) is 7.07. The topological polar surface area (TPSA) is 66.6 Å². The Balaban J connectivity index is 2.94. The second-order valence-electron chi connectivity index (χ2n) is 5.08. The van der Waals surface area contributed by atoms with Crippen LogP contribution < -0.4 is 5.73 Å². The normalized spacial score (nSPS) is 12.6. The maximum absolute atomic E-state index is 12.6. The molecule has 2 N–H and O–H groups in total. The molecule has 0 aliphatic carbocycles. The fourth-order valence-corrected chi connectivity index (χ4v) is 3.35. The van der Waals surface area contributed by atoms with Gasteiger partial charge in [-0.2, -0.15) is 17.0 Å². The molecule has 0 fully saturated rings.